The first kappa shape index (κ1) is 16.9. The van der Waals surface area contributed by atoms with Crippen LogP contribution in [0.3, 0.4) is 0 Å². The number of hydrogen-bond acceptors (Lipinski definition) is 4. The van der Waals surface area contributed by atoms with Crippen LogP contribution in [0.15, 0.2) is 40.9 Å². The van der Waals surface area contributed by atoms with Crippen molar-refractivity contribution in [2.24, 2.45) is 5.92 Å². The first-order valence-electron chi connectivity index (χ1n) is 9.20. The second-order valence-corrected chi connectivity index (χ2v) is 8.93. The van der Waals surface area contributed by atoms with Crippen LogP contribution in [-0.2, 0) is 10.2 Å². The maximum Gasteiger partial charge on any atom is 0.237 e. The molecule has 27 heavy (non-hydrogen) atoms. The molecule has 0 spiro atoms. The maximum absolute atomic E-state index is 13.0. The topological polar surface area (TPSA) is 42.0 Å². The minimum absolute atomic E-state index is 0.192. The SMILES string of the molecule is CC1(C)C(=O)N(CC2CN(c3ccc4c(c3)OCO4)C2)c2cc(Br)ccc21. The van der Waals surface area contributed by atoms with Gasteiger partial charge >= 0.3 is 0 Å². The van der Waals surface area contributed by atoms with Gasteiger partial charge in [0.05, 0.1) is 5.41 Å². The summed E-state index contributed by atoms with van der Waals surface area (Å²) in [5.41, 5.74) is 2.84. The molecule has 0 N–H and O–H groups in total. The average Bonchev–Trinajstić information content (AvgIpc) is 3.13. The Bertz CT molecular complexity index is 937. The molecule has 0 bridgehead atoms. The van der Waals surface area contributed by atoms with Crippen molar-refractivity contribution in [3.05, 3.63) is 46.4 Å². The van der Waals surface area contributed by atoms with E-state index in [1.807, 2.05) is 36.9 Å². The smallest absolute Gasteiger partial charge is 0.237 e. The zero-order valence-corrected chi connectivity index (χ0v) is 17.0. The Kier molecular flexibility index (Phi) is 3.69. The molecule has 5 nitrogen and oxygen atoms in total. The highest BCUT2D eigenvalue weighted by atomic mass is 79.9. The number of benzene rings is 2. The van der Waals surface area contributed by atoms with Crippen LogP contribution in [0.1, 0.15) is 19.4 Å². The highest BCUT2D eigenvalue weighted by molar-refractivity contribution is 9.10. The van der Waals surface area contributed by atoms with Gasteiger partial charge in [-0.05, 0) is 43.7 Å². The predicted molar refractivity (Wildman–Crippen MR) is 108 cm³/mol. The quantitative estimate of drug-likeness (QED) is 0.742. The maximum atomic E-state index is 13.0. The summed E-state index contributed by atoms with van der Waals surface area (Å²) < 4.78 is 11.9. The van der Waals surface area contributed by atoms with Gasteiger partial charge in [-0.25, -0.2) is 0 Å². The molecule has 3 aliphatic rings. The van der Waals surface area contributed by atoms with E-state index < -0.39 is 5.41 Å². The molecule has 0 aromatic heterocycles. The van der Waals surface area contributed by atoms with Crippen LogP contribution < -0.4 is 19.3 Å². The van der Waals surface area contributed by atoms with Crippen LogP contribution in [0.4, 0.5) is 11.4 Å². The number of halogens is 1. The molecule has 0 radical (unpaired) electrons. The Labute approximate surface area is 167 Å². The lowest BCUT2D eigenvalue weighted by Crippen LogP contribution is -2.53. The van der Waals surface area contributed by atoms with Gasteiger partial charge in [0.15, 0.2) is 11.5 Å². The molecule has 6 heteroatoms. The van der Waals surface area contributed by atoms with Crippen molar-refractivity contribution in [1.82, 2.24) is 0 Å². The summed E-state index contributed by atoms with van der Waals surface area (Å²) in [6.45, 7) is 6.96. The molecule has 5 rings (SSSR count). The van der Waals surface area contributed by atoms with Crippen LogP contribution in [0.2, 0.25) is 0 Å². The van der Waals surface area contributed by atoms with Gasteiger partial charge in [0, 0.05) is 47.5 Å². The van der Waals surface area contributed by atoms with E-state index >= 15 is 0 Å². The standard InChI is InChI=1S/C21H21BrN2O3/c1-21(2)16-5-3-14(22)7-17(16)24(20(21)25)11-13-9-23(10-13)15-4-6-18-19(8-15)27-12-26-18/h3-8,13H,9-12H2,1-2H3. The number of rotatable bonds is 3. The fraction of sp³-hybridized carbons (Fsp3) is 0.381. The van der Waals surface area contributed by atoms with Crippen LogP contribution in [0, 0.1) is 5.92 Å². The van der Waals surface area contributed by atoms with Crippen molar-refractivity contribution in [1.29, 1.82) is 0 Å². The molecule has 2 aromatic carbocycles. The van der Waals surface area contributed by atoms with E-state index in [1.54, 1.807) is 0 Å². The molecule has 1 amide bonds. The van der Waals surface area contributed by atoms with E-state index in [4.69, 9.17) is 9.47 Å². The zero-order valence-electron chi connectivity index (χ0n) is 15.4. The lowest BCUT2D eigenvalue weighted by atomic mass is 9.86. The second-order valence-electron chi connectivity index (χ2n) is 8.01. The van der Waals surface area contributed by atoms with Crippen LogP contribution in [0.5, 0.6) is 11.5 Å². The van der Waals surface area contributed by atoms with Gasteiger partial charge < -0.3 is 19.3 Å². The van der Waals surface area contributed by atoms with E-state index in [1.165, 1.54) is 0 Å². The van der Waals surface area contributed by atoms with Crippen molar-refractivity contribution in [3.8, 4) is 11.5 Å². The first-order valence-corrected chi connectivity index (χ1v) is 9.99. The van der Waals surface area contributed by atoms with Crippen LogP contribution in [0.25, 0.3) is 0 Å². The third-order valence-electron chi connectivity index (χ3n) is 5.82. The number of carbonyl (C=O) groups excluding carboxylic acids is 1. The Hall–Kier alpha value is -2.21. The van der Waals surface area contributed by atoms with Crippen molar-refractivity contribution < 1.29 is 14.3 Å². The van der Waals surface area contributed by atoms with E-state index in [9.17, 15) is 4.79 Å². The number of anilines is 2. The highest BCUT2D eigenvalue weighted by Crippen LogP contribution is 2.44. The fourth-order valence-electron chi connectivity index (χ4n) is 4.24. The van der Waals surface area contributed by atoms with Crippen molar-refractivity contribution >= 4 is 33.2 Å². The summed E-state index contributed by atoms with van der Waals surface area (Å²) in [6.07, 6.45) is 0. The Balaban J connectivity index is 1.30. The van der Waals surface area contributed by atoms with E-state index in [2.05, 4.69) is 39.0 Å². The molecule has 3 aliphatic heterocycles. The monoisotopic (exact) mass is 428 g/mol. The number of carbonyl (C=O) groups is 1. The van der Waals surface area contributed by atoms with Gasteiger partial charge in [-0.15, -0.1) is 0 Å². The summed E-state index contributed by atoms with van der Waals surface area (Å²) in [5, 5.41) is 0. The Morgan fingerprint density at radius 3 is 2.70 bits per heavy atom. The Morgan fingerprint density at radius 1 is 1.11 bits per heavy atom. The lowest BCUT2D eigenvalue weighted by Gasteiger charge is -2.42. The average molecular weight is 429 g/mol. The molecule has 1 fully saturated rings. The minimum Gasteiger partial charge on any atom is -0.454 e. The zero-order chi connectivity index (χ0) is 18.8. The van der Waals surface area contributed by atoms with Gasteiger partial charge in [-0.1, -0.05) is 22.0 Å². The number of nitrogens with zero attached hydrogens (tertiary/aromatic N) is 2. The van der Waals surface area contributed by atoms with Crippen LogP contribution >= 0.6 is 15.9 Å². The molecular formula is C21H21BrN2O3. The lowest BCUT2D eigenvalue weighted by molar-refractivity contribution is -0.122. The summed E-state index contributed by atoms with van der Waals surface area (Å²) in [5.74, 6) is 2.27. The summed E-state index contributed by atoms with van der Waals surface area (Å²) in [7, 11) is 0. The molecular weight excluding hydrogens is 408 g/mol. The molecule has 0 unspecified atom stereocenters. The molecule has 2 aromatic rings. The molecule has 3 heterocycles. The third kappa shape index (κ3) is 2.61. The van der Waals surface area contributed by atoms with E-state index in [0.29, 0.717) is 12.7 Å². The normalized spacial score (nSPS) is 20.0. The molecule has 1 saturated heterocycles. The first-order chi connectivity index (χ1) is 12.9. The minimum atomic E-state index is -0.462. The van der Waals surface area contributed by atoms with Gasteiger partial charge in [-0.3, -0.25) is 4.79 Å². The summed E-state index contributed by atoms with van der Waals surface area (Å²) >= 11 is 3.54. The van der Waals surface area contributed by atoms with E-state index in [0.717, 1.165) is 52.5 Å². The number of ether oxygens (including phenoxy) is 2. The summed E-state index contributed by atoms with van der Waals surface area (Å²) in [4.78, 5) is 17.3. The van der Waals surface area contributed by atoms with E-state index in [-0.39, 0.29) is 5.91 Å². The Morgan fingerprint density at radius 2 is 1.89 bits per heavy atom. The van der Waals surface area contributed by atoms with Crippen molar-refractivity contribution in [2.45, 2.75) is 19.3 Å². The van der Waals surface area contributed by atoms with Crippen molar-refractivity contribution in [3.63, 3.8) is 0 Å². The largest absolute Gasteiger partial charge is 0.454 e. The van der Waals surface area contributed by atoms with Gasteiger partial charge in [0.1, 0.15) is 0 Å². The molecule has 140 valence electrons. The third-order valence-corrected chi connectivity index (χ3v) is 6.32. The fourth-order valence-corrected chi connectivity index (χ4v) is 4.59. The molecule has 0 atom stereocenters. The second kappa shape index (κ2) is 5.89. The van der Waals surface area contributed by atoms with Gasteiger partial charge in [0.2, 0.25) is 12.7 Å². The predicted octanol–water partition coefficient (Wildman–Crippen LogP) is 3.94. The van der Waals surface area contributed by atoms with Gasteiger partial charge in [-0.2, -0.15) is 0 Å². The number of hydrogen-bond donors (Lipinski definition) is 0. The number of amides is 1. The molecule has 0 saturated carbocycles. The van der Waals surface area contributed by atoms with Crippen molar-refractivity contribution in [2.75, 3.05) is 36.2 Å². The van der Waals surface area contributed by atoms with Gasteiger partial charge in [0.25, 0.3) is 0 Å². The number of fused-ring (bicyclic) bond motifs is 2. The molecule has 0 aliphatic carbocycles. The highest BCUT2D eigenvalue weighted by Gasteiger charge is 2.45. The summed E-state index contributed by atoms with van der Waals surface area (Å²) in [6, 6.07) is 12.2. The van der Waals surface area contributed by atoms with Crippen LogP contribution in [-0.4, -0.2) is 32.3 Å².